The number of aromatic nitrogens is 1. The Bertz CT molecular complexity index is 1590. The Labute approximate surface area is 207 Å². The SMILES string of the molecule is Cc1[nH]c2ccc(Br)cc2c1CCNC(=O)c1ccc2c(c1[N+](=O)[O-])C(=O)c1ccccc1C2=O. The summed E-state index contributed by atoms with van der Waals surface area (Å²) < 4.78 is 0.930. The number of nitrogens with one attached hydrogen (secondary N) is 2. The van der Waals surface area contributed by atoms with Crippen molar-refractivity contribution in [3.8, 4) is 0 Å². The number of hydrogen-bond donors (Lipinski definition) is 2. The molecule has 0 aliphatic heterocycles. The highest BCUT2D eigenvalue weighted by Crippen LogP contribution is 2.35. The molecular formula is C26H18BrN3O5. The molecule has 1 aliphatic rings. The summed E-state index contributed by atoms with van der Waals surface area (Å²) in [4.78, 5) is 53.5. The van der Waals surface area contributed by atoms with Gasteiger partial charge in [-0.2, -0.15) is 0 Å². The zero-order chi connectivity index (χ0) is 24.9. The van der Waals surface area contributed by atoms with Crippen LogP contribution >= 0.6 is 15.9 Å². The summed E-state index contributed by atoms with van der Waals surface area (Å²) in [5.74, 6) is -1.81. The third-order valence-electron chi connectivity index (χ3n) is 6.24. The minimum Gasteiger partial charge on any atom is -0.358 e. The maximum Gasteiger partial charge on any atom is 0.294 e. The van der Waals surface area contributed by atoms with Crippen molar-refractivity contribution < 1.29 is 19.3 Å². The van der Waals surface area contributed by atoms with Crippen LogP contribution in [0.15, 0.2) is 59.1 Å². The third kappa shape index (κ3) is 3.74. The highest BCUT2D eigenvalue weighted by molar-refractivity contribution is 9.10. The molecule has 0 atom stereocenters. The van der Waals surface area contributed by atoms with Crippen LogP contribution in [-0.2, 0) is 6.42 Å². The van der Waals surface area contributed by atoms with Crippen LogP contribution in [0.5, 0.6) is 0 Å². The number of aromatic amines is 1. The monoisotopic (exact) mass is 531 g/mol. The number of aryl methyl sites for hydroxylation is 1. The van der Waals surface area contributed by atoms with E-state index in [1.54, 1.807) is 12.1 Å². The predicted molar refractivity (Wildman–Crippen MR) is 133 cm³/mol. The van der Waals surface area contributed by atoms with Crippen molar-refractivity contribution in [3.63, 3.8) is 0 Å². The number of nitro groups is 1. The van der Waals surface area contributed by atoms with Gasteiger partial charge in [-0.1, -0.05) is 40.2 Å². The van der Waals surface area contributed by atoms with Gasteiger partial charge in [0.25, 0.3) is 11.6 Å². The van der Waals surface area contributed by atoms with E-state index in [1.165, 1.54) is 24.3 Å². The van der Waals surface area contributed by atoms with E-state index in [2.05, 4.69) is 26.2 Å². The van der Waals surface area contributed by atoms with Crippen molar-refractivity contribution in [3.05, 3.63) is 108 Å². The van der Waals surface area contributed by atoms with Gasteiger partial charge in [-0.05, 0) is 49.2 Å². The predicted octanol–water partition coefficient (Wildman–Crippen LogP) is 4.89. The van der Waals surface area contributed by atoms with Crippen LogP contribution in [0, 0.1) is 17.0 Å². The van der Waals surface area contributed by atoms with E-state index in [-0.39, 0.29) is 34.4 Å². The van der Waals surface area contributed by atoms with Crippen molar-refractivity contribution in [1.29, 1.82) is 0 Å². The topological polar surface area (TPSA) is 122 Å². The second kappa shape index (κ2) is 8.59. The van der Waals surface area contributed by atoms with Gasteiger partial charge in [-0.3, -0.25) is 24.5 Å². The average Bonchev–Trinajstić information content (AvgIpc) is 3.15. The summed E-state index contributed by atoms with van der Waals surface area (Å²) in [6, 6.07) is 14.6. The van der Waals surface area contributed by atoms with Gasteiger partial charge in [0.2, 0.25) is 5.78 Å². The second-order valence-corrected chi connectivity index (χ2v) is 9.19. The number of ketones is 2. The lowest BCUT2D eigenvalue weighted by Crippen LogP contribution is -2.29. The lowest BCUT2D eigenvalue weighted by Gasteiger charge is -2.18. The van der Waals surface area contributed by atoms with Crippen molar-refractivity contribution in [2.75, 3.05) is 6.54 Å². The van der Waals surface area contributed by atoms with Crippen LogP contribution in [0.25, 0.3) is 10.9 Å². The first-order valence-electron chi connectivity index (χ1n) is 10.8. The fourth-order valence-electron chi connectivity index (χ4n) is 4.61. The van der Waals surface area contributed by atoms with Crippen LogP contribution in [0.4, 0.5) is 5.69 Å². The molecular weight excluding hydrogens is 514 g/mol. The number of amides is 1. The van der Waals surface area contributed by atoms with E-state index < -0.39 is 28.1 Å². The quantitative estimate of drug-likeness (QED) is 0.247. The lowest BCUT2D eigenvalue weighted by molar-refractivity contribution is -0.385. The Kier molecular flexibility index (Phi) is 5.56. The maximum atomic E-state index is 13.1. The standard InChI is InChI=1S/C26H18BrN3O5/c1-13-15(20-12-14(27)6-9-21(20)29-13)10-11-28-26(33)19-8-7-18-22(23(19)30(34)35)25(32)17-5-3-2-4-16(17)24(18)31/h2-9,12,29H,10-11H2,1H3,(H,28,33). The first-order chi connectivity index (χ1) is 16.8. The second-order valence-electron chi connectivity index (χ2n) is 8.27. The van der Waals surface area contributed by atoms with Crippen LogP contribution in [-0.4, -0.2) is 33.9 Å². The number of fused-ring (bicyclic) bond motifs is 3. The Morgan fingerprint density at radius 1 is 1.03 bits per heavy atom. The van der Waals surface area contributed by atoms with Crippen LogP contribution < -0.4 is 5.32 Å². The number of carbonyl (C=O) groups excluding carboxylic acids is 3. The molecule has 1 heterocycles. The van der Waals surface area contributed by atoms with Gasteiger partial charge < -0.3 is 10.3 Å². The number of H-pyrrole nitrogens is 1. The van der Waals surface area contributed by atoms with Crippen LogP contribution in [0.3, 0.4) is 0 Å². The molecule has 1 aromatic heterocycles. The molecule has 2 N–H and O–H groups in total. The fourth-order valence-corrected chi connectivity index (χ4v) is 4.98. The maximum absolute atomic E-state index is 13.1. The lowest BCUT2D eigenvalue weighted by atomic mass is 9.82. The molecule has 0 radical (unpaired) electrons. The molecule has 0 saturated heterocycles. The van der Waals surface area contributed by atoms with Gasteiger partial charge in [0.15, 0.2) is 5.78 Å². The molecule has 5 rings (SSSR count). The summed E-state index contributed by atoms with van der Waals surface area (Å²) in [6.45, 7) is 2.17. The zero-order valence-corrected chi connectivity index (χ0v) is 20.1. The summed E-state index contributed by atoms with van der Waals surface area (Å²) >= 11 is 3.47. The highest BCUT2D eigenvalue weighted by atomic mass is 79.9. The molecule has 0 saturated carbocycles. The number of halogens is 1. The summed E-state index contributed by atoms with van der Waals surface area (Å²) in [5, 5.41) is 15.7. The summed E-state index contributed by atoms with van der Waals surface area (Å²) in [5.41, 5.74) is 1.92. The number of nitro benzene ring substituents is 1. The van der Waals surface area contributed by atoms with E-state index in [1.807, 2.05) is 25.1 Å². The molecule has 0 bridgehead atoms. The Morgan fingerprint density at radius 3 is 2.46 bits per heavy atom. The van der Waals surface area contributed by atoms with Gasteiger partial charge in [0.1, 0.15) is 11.1 Å². The Morgan fingerprint density at radius 2 is 1.74 bits per heavy atom. The number of hydrogen-bond acceptors (Lipinski definition) is 5. The molecule has 4 aromatic rings. The molecule has 9 heteroatoms. The van der Waals surface area contributed by atoms with Gasteiger partial charge in [0, 0.05) is 44.3 Å². The molecule has 0 unspecified atom stereocenters. The van der Waals surface area contributed by atoms with Gasteiger partial charge in [-0.25, -0.2) is 0 Å². The van der Waals surface area contributed by atoms with E-state index in [0.29, 0.717) is 6.42 Å². The average molecular weight is 532 g/mol. The van der Waals surface area contributed by atoms with Crippen LogP contribution in [0.2, 0.25) is 0 Å². The highest BCUT2D eigenvalue weighted by Gasteiger charge is 2.38. The number of rotatable bonds is 5. The van der Waals surface area contributed by atoms with Crippen LogP contribution in [0.1, 0.15) is 53.5 Å². The van der Waals surface area contributed by atoms with E-state index in [9.17, 15) is 24.5 Å². The van der Waals surface area contributed by atoms with Gasteiger partial charge >= 0.3 is 0 Å². The first-order valence-corrected chi connectivity index (χ1v) is 11.6. The van der Waals surface area contributed by atoms with Gasteiger partial charge in [0.05, 0.1) is 4.92 Å². The number of benzene rings is 3. The van der Waals surface area contributed by atoms with E-state index in [4.69, 9.17) is 0 Å². The minimum atomic E-state index is -0.770. The number of nitrogens with zero attached hydrogens (tertiary/aromatic N) is 1. The fraction of sp³-hybridized carbons (Fsp3) is 0.115. The molecule has 1 aliphatic carbocycles. The van der Waals surface area contributed by atoms with Crippen molar-refractivity contribution >= 4 is 50.0 Å². The molecule has 3 aromatic carbocycles. The normalized spacial score (nSPS) is 12.4. The van der Waals surface area contributed by atoms with E-state index in [0.717, 1.165) is 26.6 Å². The van der Waals surface area contributed by atoms with Crippen molar-refractivity contribution in [2.45, 2.75) is 13.3 Å². The molecule has 1 amide bonds. The molecule has 35 heavy (non-hydrogen) atoms. The van der Waals surface area contributed by atoms with Crippen molar-refractivity contribution in [1.82, 2.24) is 10.3 Å². The summed E-state index contributed by atoms with van der Waals surface area (Å²) in [6.07, 6.45) is 0.498. The Balaban J connectivity index is 1.45. The molecule has 174 valence electrons. The molecule has 8 nitrogen and oxygen atoms in total. The molecule has 0 spiro atoms. The van der Waals surface area contributed by atoms with E-state index >= 15 is 0 Å². The minimum absolute atomic E-state index is 0.0723. The molecule has 0 fully saturated rings. The third-order valence-corrected chi connectivity index (χ3v) is 6.73. The smallest absolute Gasteiger partial charge is 0.294 e. The first kappa shape index (κ1) is 22.7. The zero-order valence-electron chi connectivity index (χ0n) is 18.5. The van der Waals surface area contributed by atoms with Gasteiger partial charge in [-0.15, -0.1) is 0 Å². The Hall–Kier alpha value is -4.11. The van der Waals surface area contributed by atoms with Crippen molar-refractivity contribution in [2.24, 2.45) is 0 Å². The number of carbonyl (C=O) groups is 3. The largest absolute Gasteiger partial charge is 0.358 e. The summed E-state index contributed by atoms with van der Waals surface area (Å²) in [7, 11) is 0.